The SMILES string of the molecule is Brc1cccc(C2(NCc3ccc(OCc4ccccn4)cc3)CCOCC2)c1. The highest BCUT2D eigenvalue weighted by atomic mass is 79.9. The number of nitrogens with one attached hydrogen (secondary N) is 1. The van der Waals surface area contributed by atoms with Crippen molar-refractivity contribution in [1.29, 1.82) is 0 Å². The van der Waals surface area contributed by atoms with Crippen molar-refractivity contribution >= 4 is 15.9 Å². The second-order valence-electron chi connectivity index (χ2n) is 7.31. The smallest absolute Gasteiger partial charge is 0.130 e. The van der Waals surface area contributed by atoms with Crippen LogP contribution in [0, 0.1) is 0 Å². The molecule has 0 aliphatic carbocycles. The van der Waals surface area contributed by atoms with Crippen molar-refractivity contribution in [2.45, 2.75) is 31.5 Å². The fourth-order valence-corrected chi connectivity index (χ4v) is 4.09. The number of hydrogen-bond acceptors (Lipinski definition) is 4. The molecule has 0 bridgehead atoms. The number of ether oxygens (including phenoxy) is 2. The molecule has 1 fully saturated rings. The molecule has 0 atom stereocenters. The lowest BCUT2D eigenvalue weighted by Crippen LogP contribution is -2.46. The van der Waals surface area contributed by atoms with E-state index in [4.69, 9.17) is 9.47 Å². The van der Waals surface area contributed by atoms with Gasteiger partial charge in [-0.2, -0.15) is 0 Å². The minimum atomic E-state index is -0.0593. The molecule has 4 rings (SSSR count). The van der Waals surface area contributed by atoms with E-state index in [9.17, 15) is 0 Å². The van der Waals surface area contributed by atoms with Gasteiger partial charge in [-0.25, -0.2) is 0 Å². The Morgan fingerprint density at radius 2 is 1.83 bits per heavy atom. The lowest BCUT2D eigenvalue weighted by molar-refractivity contribution is 0.0357. The second-order valence-corrected chi connectivity index (χ2v) is 8.23. The van der Waals surface area contributed by atoms with Crippen LogP contribution in [0.25, 0.3) is 0 Å². The molecule has 1 saturated heterocycles. The van der Waals surface area contributed by atoms with Gasteiger partial charge >= 0.3 is 0 Å². The molecule has 0 spiro atoms. The maximum Gasteiger partial charge on any atom is 0.130 e. The van der Waals surface area contributed by atoms with Crippen LogP contribution in [0.15, 0.2) is 77.4 Å². The van der Waals surface area contributed by atoms with Crippen molar-refractivity contribution in [2.24, 2.45) is 0 Å². The molecular formula is C24H25BrN2O2. The first-order valence-corrected chi connectivity index (χ1v) is 10.7. The van der Waals surface area contributed by atoms with Crippen molar-refractivity contribution in [3.63, 3.8) is 0 Å². The third-order valence-electron chi connectivity index (χ3n) is 5.39. The Bertz CT molecular complexity index is 910. The zero-order valence-corrected chi connectivity index (χ0v) is 17.9. The standard InChI is InChI=1S/C24H25BrN2O2/c25-21-5-3-4-20(16-21)24(11-14-28-15-12-24)27-17-19-7-9-23(10-8-19)29-18-22-6-1-2-13-26-22/h1-10,13,16,27H,11-12,14-15,17-18H2. The lowest BCUT2D eigenvalue weighted by atomic mass is 9.82. The molecular weight excluding hydrogens is 428 g/mol. The Labute approximate surface area is 180 Å². The maximum absolute atomic E-state index is 5.84. The van der Waals surface area contributed by atoms with Gasteiger partial charge < -0.3 is 14.8 Å². The van der Waals surface area contributed by atoms with E-state index in [1.54, 1.807) is 6.20 Å². The Kier molecular flexibility index (Phi) is 6.60. The predicted octanol–water partition coefficient (Wildman–Crippen LogP) is 5.22. The molecule has 150 valence electrons. The van der Waals surface area contributed by atoms with Gasteiger partial charge in [0.1, 0.15) is 12.4 Å². The van der Waals surface area contributed by atoms with E-state index in [2.05, 4.69) is 62.6 Å². The summed E-state index contributed by atoms with van der Waals surface area (Å²) in [5, 5.41) is 3.82. The summed E-state index contributed by atoms with van der Waals surface area (Å²) >= 11 is 3.61. The fourth-order valence-electron chi connectivity index (χ4n) is 3.69. The van der Waals surface area contributed by atoms with Gasteiger partial charge in [-0.3, -0.25) is 4.98 Å². The van der Waals surface area contributed by atoms with Crippen LogP contribution < -0.4 is 10.1 Å². The highest BCUT2D eigenvalue weighted by Crippen LogP contribution is 2.34. The largest absolute Gasteiger partial charge is 0.487 e. The monoisotopic (exact) mass is 452 g/mol. The van der Waals surface area contributed by atoms with Gasteiger partial charge in [0.2, 0.25) is 0 Å². The average molecular weight is 453 g/mol. The molecule has 29 heavy (non-hydrogen) atoms. The molecule has 1 N–H and O–H groups in total. The summed E-state index contributed by atoms with van der Waals surface area (Å²) in [5.74, 6) is 0.854. The summed E-state index contributed by atoms with van der Waals surface area (Å²) in [5.41, 5.74) is 3.41. The number of rotatable bonds is 7. The predicted molar refractivity (Wildman–Crippen MR) is 118 cm³/mol. The number of nitrogens with zero attached hydrogens (tertiary/aromatic N) is 1. The lowest BCUT2D eigenvalue weighted by Gasteiger charge is -2.39. The van der Waals surface area contributed by atoms with E-state index >= 15 is 0 Å². The third-order valence-corrected chi connectivity index (χ3v) is 5.88. The summed E-state index contributed by atoms with van der Waals surface area (Å²) in [6.45, 7) is 2.83. The number of benzene rings is 2. The van der Waals surface area contributed by atoms with E-state index in [0.717, 1.165) is 48.5 Å². The first-order chi connectivity index (χ1) is 14.2. The van der Waals surface area contributed by atoms with E-state index in [0.29, 0.717) is 6.61 Å². The van der Waals surface area contributed by atoms with Crippen LogP contribution in [-0.2, 0) is 23.4 Å². The van der Waals surface area contributed by atoms with Crippen molar-refractivity contribution in [3.8, 4) is 5.75 Å². The van der Waals surface area contributed by atoms with Crippen LogP contribution in [0.4, 0.5) is 0 Å². The summed E-state index contributed by atoms with van der Waals surface area (Å²) in [4.78, 5) is 4.29. The van der Waals surface area contributed by atoms with Crippen molar-refractivity contribution in [2.75, 3.05) is 13.2 Å². The molecule has 0 amide bonds. The molecule has 1 aliphatic heterocycles. The van der Waals surface area contributed by atoms with E-state index in [1.807, 2.05) is 30.3 Å². The normalized spacial score (nSPS) is 15.8. The van der Waals surface area contributed by atoms with Gasteiger partial charge in [0.25, 0.3) is 0 Å². The van der Waals surface area contributed by atoms with Crippen molar-refractivity contribution in [3.05, 3.63) is 94.2 Å². The molecule has 1 aliphatic rings. The first-order valence-electron chi connectivity index (χ1n) is 9.94. The van der Waals surface area contributed by atoms with Crippen LogP contribution in [0.2, 0.25) is 0 Å². The van der Waals surface area contributed by atoms with Crippen LogP contribution >= 0.6 is 15.9 Å². The summed E-state index contributed by atoms with van der Waals surface area (Å²) in [6.07, 6.45) is 3.72. The highest BCUT2D eigenvalue weighted by Gasteiger charge is 2.34. The molecule has 0 radical (unpaired) electrons. The maximum atomic E-state index is 5.84. The quantitative estimate of drug-likeness (QED) is 0.533. The van der Waals surface area contributed by atoms with Gasteiger partial charge in [0.05, 0.1) is 5.69 Å². The number of aromatic nitrogens is 1. The molecule has 4 nitrogen and oxygen atoms in total. The highest BCUT2D eigenvalue weighted by molar-refractivity contribution is 9.10. The topological polar surface area (TPSA) is 43.4 Å². The molecule has 0 unspecified atom stereocenters. The second kappa shape index (κ2) is 9.53. The Morgan fingerprint density at radius 1 is 1.00 bits per heavy atom. The zero-order valence-electron chi connectivity index (χ0n) is 16.3. The van der Waals surface area contributed by atoms with Crippen molar-refractivity contribution < 1.29 is 9.47 Å². The van der Waals surface area contributed by atoms with Gasteiger partial charge in [-0.05, 0) is 60.4 Å². The van der Waals surface area contributed by atoms with Gasteiger partial charge in [-0.1, -0.05) is 46.3 Å². The van der Waals surface area contributed by atoms with E-state index < -0.39 is 0 Å². The minimum Gasteiger partial charge on any atom is -0.487 e. The third kappa shape index (κ3) is 5.24. The number of halogens is 1. The van der Waals surface area contributed by atoms with Crippen LogP contribution in [0.1, 0.15) is 29.7 Å². The molecule has 3 aromatic rings. The van der Waals surface area contributed by atoms with Gasteiger partial charge in [0, 0.05) is 36.0 Å². The zero-order chi connectivity index (χ0) is 19.9. The summed E-state index contributed by atoms with van der Waals surface area (Å²) in [6, 6.07) is 22.7. The Balaban J connectivity index is 1.40. The molecule has 1 aromatic heterocycles. The number of hydrogen-bond donors (Lipinski definition) is 1. The first kappa shape index (κ1) is 20.1. The van der Waals surface area contributed by atoms with Crippen LogP contribution in [-0.4, -0.2) is 18.2 Å². The van der Waals surface area contributed by atoms with E-state index in [-0.39, 0.29) is 5.54 Å². The van der Waals surface area contributed by atoms with Gasteiger partial charge in [-0.15, -0.1) is 0 Å². The molecule has 2 aromatic carbocycles. The van der Waals surface area contributed by atoms with Gasteiger partial charge in [0.15, 0.2) is 0 Å². The Hall–Kier alpha value is -2.21. The Morgan fingerprint density at radius 3 is 2.55 bits per heavy atom. The fraction of sp³-hybridized carbons (Fsp3) is 0.292. The molecule has 2 heterocycles. The molecule has 5 heteroatoms. The summed E-state index contributed by atoms with van der Waals surface area (Å²) in [7, 11) is 0. The summed E-state index contributed by atoms with van der Waals surface area (Å²) < 4.78 is 12.6. The number of pyridine rings is 1. The van der Waals surface area contributed by atoms with E-state index in [1.165, 1.54) is 11.1 Å². The molecule has 0 saturated carbocycles. The van der Waals surface area contributed by atoms with Crippen molar-refractivity contribution in [1.82, 2.24) is 10.3 Å². The minimum absolute atomic E-state index is 0.0593. The van der Waals surface area contributed by atoms with Crippen LogP contribution in [0.3, 0.4) is 0 Å². The average Bonchev–Trinajstić information content (AvgIpc) is 2.78. The van der Waals surface area contributed by atoms with Crippen LogP contribution in [0.5, 0.6) is 5.75 Å².